The minimum Gasteiger partial charge on any atom is -0.481 e. The van der Waals surface area contributed by atoms with Gasteiger partial charge in [0, 0.05) is 12.5 Å². The molecule has 0 aromatic rings. The van der Waals surface area contributed by atoms with E-state index >= 15 is 0 Å². The summed E-state index contributed by atoms with van der Waals surface area (Å²) in [6.45, 7) is 0.550. The van der Waals surface area contributed by atoms with Gasteiger partial charge in [-0.05, 0) is 31.1 Å². The molecule has 0 saturated heterocycles. The third-order valence-electron chi connectivity index (χ3n) is 4.55. The highest BCUT2D eigenvalue weighted by atomic mass is 16.4. The molecule has 1 amide bonds. The number of aliphatic carboxylic acids is 1. The highest BCUT2D eigenvalue weighted by molar-refractivity contribution is 5.78. The molecule has 4 nitrogen and oxygen atoms in total. The van der Waals surface area contributed by atoms with E-state index in [0.29, 0.717) is 6.54 Å². The van der Waals surface area contributed by atoms with E-state index in [4.69, 9.17) is 5.11 Å². The standard InChI is InChI=1S/C14H23NO3/c16-12(17)9-14(7-4-8-14)10-15-13(18)11-5-2-1-3-6-11/h11H,1-10H2,(H,15,18)(H,16,17). The van der Waals surface area contributed by atoms with Gasteiger partial charge in [-0.2, -0.15) is 0 Å². The van der Waals surface area contributed by atoms with Crippen molar-refractivity contribution in [3.8, 4) is 0 Å². The Kier molecular flexibility index (Phi) is 4.25. The maximum absolute atomic E-state index is 12.0. The minimum absolute atomic E-state index is 0.145. The molecule has 4 heteroatoms. The fourth-order valence-electron chi connectivity index (χ4n) is 3.20. The lowest BCUT2D eigenvalue weighted by Gasteiger charge is -2.41. The summed E-state index contributed by atoms with van der Waals surface area (Å²) in [5, 5.41) is 11.9. The normalized spacial score (nSPS) is 23.1. The molecule has 2 fully saturated rings. The van der Waals surface area contributed by atoms with Crippen molar-refractivity contribution in [1.82, 2.24) is 5.32 Å². The van der Waals surface area contributed by atoms with Crippen LogP contribution in [-0.4, -0.2) is 23.5 Å². The van der Waals surface area contributed by atoms with Crippen LogP contribution in [0.3, 0.4) is 0 Å². The van der Waals surface area contributed by atoms with Gasteiger partial charge in [-0.25, -0.2) is 0 Å². The molecule has 0 unspecified atom stereocenters. The fourth-order valence-corrected chi connectivity index (χ4v) is 3.20. The fraction of sp³-hybridized carbons (Fsp3) is 0.857. The first-order valence-corrected chi connectivity index (χ1v) is 7.11. The second-order valence-electron chi connectivity index (χ2n) is 5.98. The van der Waals surface area contributed by atoms with E-state index in [1.165, 1.54) is 6.42 Å². The maximum atomic E-state index is 12.0. The topological polar surface area (TPSA) is 66.4 Å². The Morgan fingerprint density at radius 3 is 2.28 bits per heavy atom. The summed E-state index contributed by atoms with van der Waals surface area (Å²) in [4.78, 5) is 22.9. The van der Waals surface area contributed by atoms with E-state index in [-0.39, 0.29) is 23.7 Å². The first kappa shape index (κ1) is 13.4. The molecular formula is C14H23NO3. The lowest BCUT2D eigenvalue weighted by Crippen LogP contribution is -2.45. The summed E-state index contributed by atoms with van der Waals surface area (Å²) in [6.07, 6.45) is 8.69. The van der Waals surface area contributed by atoms with Gasteiger partial charge < -0.3 is 10.4 Å². The number of amides is 1. The van der Waals surface area contributed by atoms with Gasteiger partial charge in [-0.15, -0.1) is 0 Å². The van der Waals surface area contributed by atoms with E-state index < -0.39 is 5.97 Å². The van der Waals surface area contributed by atoms with Gasteiger partial charge in [0.15, 0.2) is 0 Å². The molecule has 0 atom stereocenters. The number of carboxylic acids is 1. The van der Waals surface area contributed by atoms with Crippen molar-refractivity contribution in [2.75, 3.05) is 6.54 Å². The number of nitrogens with one attached hydrogen (secondary N) is 1. The zero-order valence-electron chi connectivity index (χ0n) is 10.9. The predicted molar refractivity (Wildman–Crippen MR) is 68.1 cm³/mol. The van der Waals surface area contributed by atoms with E-state index in [0.717, 1.165) is 44.9 Å². The molecule has 2 saturated carbocycles. The van der Waals surface area contributed by atoms with Crippen molar-refractivity contribution in [3.63, 3.8) is 0 Å². The van der Waals surface area contributed by atoms with Crippen LogP contribution >= 0.6 is 0 Å². The number of hydrogen-bond acceptors (Lipinski definition) is 2. The van der Waals surface area contributed by atoms with Gasteiger partial charge in [0.05, 0.1) is 6.42 Å². The Balaban J connectivity index is 1.78. The van der Waals surface area contributed by atoms with Gasteiger partial charge in [-0.1, -0.05) is 25.7 Å². The molecule has 0 heterocycles. The SMILES string of the molecule is O=C(O)CC1(CNC(=O)C2CCCCC2)CCC1. The number of carbonyl (C=O) groups is 2. The Labute approximate surface area is 108 Å². The molecular weight excluding hydrogens is 230 g/mol. The summed E-state index contributed by atoms with van der Waals surface area (Å²) in [7, 11) is 0. The lowest BCUT2D eigenvalue weighted by molar-refractivity contribution is -0.142. The minimum atomic E-state index is -0.749. The lowest BCUT2D eigenvalue weighted by atomic mass is 9.66. The Morgan fingerprint density at radius 1 is 1.11 bits per heavy atom. The van der Waals surface area contributed by atoms with Crippen LogP contribution in [-0.2, 0) is 9.59 Å². The van der Waals surface area contributed by atoms with E-state index in [2.05, 4.69) is 5.32 Å². The van der Waals surface area contributed by atoms with Crippen molar-refractivity contribution < 1.29 is 14.7 Å². The summed E-state index contributed by atoms with van der Waals surface area (Å²) in [5.74, 6) is -0.436. The zero-order chi connectivity index (χ0) is 13.0. The van der Waals surface area contributed by atoms with Gasteiger partial charge in [0.1, 0.15) is 0 Å². The van der Waals surface area contributed by atoms with Crippen LogP contribution in [0.15, 0.2) is 0 Å². The van der Waals surface area contributed by atoms with Gasteiger partial charge in [-0.3, -0.25) is 9.59 Å². The van der Waals surface area contributed by atoms with Crippen molar-refractivity contribution in [3.05, 3.63) is 0 Å². The molecule has 0 bridgehead atoms. The Hall–Kier alpha value is -1.06. The number of rotatable bonds is 5. The third kappa shape index (κ3) is 3.24. The van der Waals surface area contributed by atoms with Gasteiger partial charge in [0.25, 0.3) is 0 Å². The van der Waals surface area contributed by atoms with Gasteiger partial charge in [0.2, 0.25) is 5.91 Å². The molecule has 0 aromatic carbocycles. The van der Waals surface area contributed by atoms with E-state index in [1.807, 2.05) is 0 Å². The first-order valence-electron chi connectivity index (χ1n) is 7.11. The van der Waals surface area contributed by atoms with Crippen molar-refractivity contribution in [2.45, 2.75) is 57.8 Å². The van der Waals surface area contributed by atoms with Crippen LogP contribution in [0.2, 0.25) is 0 Å². The predicted octanol–water partition coefficient (Wildman–Crippen LogP) is 2.33. The van der Waals surface area contributed by atoms with Crippen LogP contribution in [0.5, 0.6) is 0 Å². The summed E-state index contributed by atoms with van der Waals surface area (Å²) in [5.41, 5.74) is -0.157. The second-order valence-corrected chi connectivity index (χ2v) is 5.98. The second kappa shape index (κ2) is 5.72. The van der Waals surface area contributed by atoms with E-state index in [9.17, 15) is 9.59 Å². The number of hydrogen-bond donors (Lipinski definition) is 2. The first-order chi connectivity index (χ1) is 8.61. The molecule has 18 heavy (non-hydrogen) atoms. The van der Waals surface area contributed by atoms with Crippen LogP contribution in [0, 0.1) is 11.3 Å². The van der Waals surface area contributed by atoms with Crippen molar-refractivity contribution in [1.29, 1.82) is 0 Å². The summed E-state index contributed by atoms with van der Waals surface area (Å²) < 4.78 is 0. The zero-order valence-corrected chi connectivity index (χ0v) is 10.9. The van der Waals surface area contributed by atoms with Crippen LogP contribution in [0.1, 0.15) is 57.8 Å². The summed E-state index contributed by atoms with van der Waals surface area (Å²) >= 11 is 0. The molecule has 2 N–H and O–H groups in total. The molecule has 102 valence electrons. The highest BCUT2D eigenvalue weighted by Gasteiger charge is 2.39. The average Bonchev–Trinajstić information content (AvgIpc) is 2.32. The molecule has 2 rings (SSSR count). The molecule has 0 radical (unpaired) electrons. The van der Waals surface area contributed by atoms with E-state index in [1.54, 1.807) is 0 Å². The van der Waals surface area contributed by atoms with Crippen LogP contribution in [0.4, 0.5) is 0 Å². The quantitative estimate of drug-likeness (QED) is 0.790. The Bertz CT molecular complexity index is 317. The largest absolute Gasteiger partial charge is 0.481 e. The molecule has 2 aliphatic carbocycles. The summed E-state index contributed by atoms with van der Waals surface area (Å²) in [6, 6.07) is 0. The van der Waals surface area contributed by atoms with Crippen LogP contribution in [0.25, 0.3) is 0 Å². The highest BCUT2D eigenvalue weighted by Crippen LogP contribution is 2.43. The van der Waals surface area contributed by atoms with Gasteiger partial charge >= 0.3 is 5.97 Å². The third-order valence-corrected chi connectivity index (χ3v) is 4.55. The maximum Gasteiger partial charge on any atom is 0.303 e. The monoisotopic (exact) mass is 253 g/mol. The number of carbonyl (C=O) groups excluding carboxylic acids is 1. The molecule has 0 aliphatic heterocycles. The van der Waals surface area contributed by atoms with Crippen molar-refractivity contribution >= 4 is 11.9 Å². The molecule has 2 aliphatic rings. The van der Waals surface area contributed by atoms with Crippen molar-refractivity contribution in [2.24, 2.45) is 11.3 Å². The van der Waals surface area contributed by atoms with Crippen LogP contribution < -0.4 is 5.32 Å². The Morgan fingerprint density at radius 2 is 1.78 bits per heavy atom. The molecule has 0 spiro atoms. The number of carboxylic acid groups (broad SMARTS) is 1. The smallest absolute Gasteiger partial charge is 0.303 e. The molecule has 0 aromatic heterocycles. The average molecular weight is 253 g/mol.